The van der Waals surface area contributed by atoms with Crippen molar-refractivity contribution in [2.24, 2.45) is 11.8 Å². The number of rotatable bonds is 18. The van der Waals surface area contributed by atoms with Crippen LogP contribution in [0.3, 0.4) is 0 Å². The lowest BCUT2D eigenvalue weighted by atomic mass is 10.0. The molecule has 2 atom stereocenters. The first-order valence-corrected chi connectivity index (χ1v) is 17.5. The molecule has 0 spiro atoms. The third-order valence-electron chi connectivity index (χ3n) is 7.92. The van der Waals surface area contributed by atoms with Crippen LogP contribution in [0.1, 0.15) is 64.7 Å². The summed E-state index contributed by atoms with van der Waals surface area (Å²) in [6, 6.07) is 10.9. The number of ether oxygens (including phenoxy) is 2. The zero-order valence-electron chi connectivity index (χ0n) is 31.7. The first-order chi connectivity index (χ1) is 25.1. The van der Waals surface area contributed by atoms with Crippen LogP contribution in [0.15, 0.2) is 48.5 Å². The minimum atomic E-state index is -0.866. The van der Waals surface area contributed by atoms with E-state index < -0.39 is 53.8 Å². The van der Waals surface area contributed by atoms with E-state index in [9.17, 15) is 33.6 Å². The number of nitrogens with one attached hydrogen (secondary N) is 5. The fraction of sp³-hybridized carbons (Fsp3) is 0.486. The maximum Gasteiger partial charge on any atom is 0.407 e. The van der Waals surface area contributed by atoms with Gasteiger partial charge in [-0.1, -0.05) is 41.5 Å². The minimum absolute atomic E-state index is 0.226. The molecule has 0 aliphatic carbocycles. The summed E-state index contributed by atoms with van der Waals surface area (Å²) in [5.74, 6) is -2.57. The molecular formula is C37H53N7O9. The summed E-state index contributed by atoms with van der Waals surface area (Å²) in [4.78, 5) is 91.4. The van der Waals surface area contributed by atoms with Crippen LogP contribution in [0.25, 0.3) is 0 Å². The van der Waals surface area contributed by atoms with Crippen LogP contribution in [0, 0.1) is 11.8 Å². The monoisotopic (exact) mass is 739 g/mol. The fourth-order valence-corrected chi connectivity index (χ4v) is 5.16. The Morgan fingerprint density at radius 3 is 1.23 bits per heavy atom. The third kappa shape index (κ3) is 14.1. The van der Waals surface area contributed by atoms with Gasteiger partial charge < -0.3 is 45.9 Å². The largest absolute Gasteiger partial charge is 0.453 e. The summed E-state index contributed by atoms with van der Waals surface area (Å²) in [5, 5.41) is 13.3. The zero-order chi connectivity index (χ0) is 39.7. The summed E-state index contributed by atoms with van der Waals surface area (Å²) >= 11 is 0. The lowest BCUT2D eigenvalue weighted by Gasteiger charge is -2.29. The highest BCUT2D eigenvalue weighted by atomic mass is 16.5. The van der Waals surface area contributed by atoms with Crippen LogP contribution < -0.4 is 26.6 Å². The molecule has 7 amide bonds. The Kier molecular flexibility index (Phi) is 17.8. The predicted octanol–water partition coefficient (Wildman–Crippen LogP) is 4.05. The van der Waals surface area contributed by atoms with Crippen molar-refractivity contribution < 1.29 is 43.0 Å². The topological polar surface area (TPSA) is 205 Å². The van der Waals surface area contributed by atoms with E-state index in [2.05, 4.69) is 36.1 Å². The van der Waals surface area contributed by atoms with Gasteiger partial charge in [0.1, 0.15) is 12.1 Å². The molecule has 16 nitrogen and oxygen atoms in total. The smallest absolute Gasteiger partial charge is 0.407 e. The van der Waals surface area contributed by atoms with Crippen LogP contribution in [0.2, 0.25) is 0 Å². The number of hydrogen-bond acceptors (Lipinski definition) is 9. The van der Waals surface area contributed by atoms with Crippen LogP contribution in [-0.4, -0.2) is 104 Å². The van der Waals surface area contributed by atoms with Gasteiger partial charge in [0.15, 0.2) is 0 Å². The number of methoxy groups -OCH3 is 2. The number of amides is 7. The molecule has 53 heavy (non-hydrogen) atoms. The van der Waals surface area contributed by atoms with Gasteiger partial charge in [-0.25, -0.2) is 9.59 Å². The van der Waals surface area contributed by atoms with Crippen molar-refractivity contribution >= 4 is 58.8 Å². The summed E-state index contributed by atoms with van der Waals surface area (Å²) in [6.45, 7) is 11.0. The second kappa shape index (κ2) is 21.6. The van der Waals surface area contributed by atoms with Crippen LogP contribution in [-0.2, 0) is 28.7 Å². The summed E-state index contributed by atoms with van der Waals surface area (Å²) in [6.07, 6.45) is -0.273. The van der Waals surface area contributed by atoms with Gasteiger partial charge in [0, 0.05) is 35.7 Å². The maximum absolute atomic E-state index is 13.2. The van der Waals surface area contributed by atoms with Crippen molar-refractivity contribution in [3.8, 4) is 0 Å². The second-order valence-corrected chi connectivity index (χ2v) is 12.9. The first-order valence-electron chi connectivity index (χ1n) is 17.5. The molecule has 2 aromatic carbocycles. The van der Waals surface area contributed by atoms with Crippen molar-refractivity contribution in [2.45, 2.75) is 66.5 Å². The Balaban J connectivity index is 1.98. The Bertz CT molecular complexity index is 1560. The van der Waals surface area contributed by atoms with E-state index in [1.165, 1.54) is 36.2 Å². The van der Waals surface area contributed by atoms with Crippen molar-refractivity contribution in [2.75, 3.05) is 56.3 Å². The standard InChI is InChI=1S/C37H53N7O9/c1-9-19-43(34(48)31(23(3)4)41-36(50)52-7)21-29(45)38-26-13-11-25(12-14-26)33(47)40-28-17-15-27(16-18-28)39-30(46)22-44(20-10-2)35(49)32(24(5)6)42-37(51)53-8/h11-18,23-24,31-32H,9-10,19-22H2,1-8H3,(H,38,45)(H,39,46)(H,40,47)(H,41,50)(H,42,51). The molecule has 0 bridgehead atoms. The molecule has 0 aromatic heterocycles. The van der Waals surface area contributed by atoms with E-state index in [0.29, 0.717) is 48.6 Å². The number of alkyl carbamates (subject to hydrolysis) is 2. The molecular weight excluding hydrogens is 686 g/mol. The van der Waals surface area contributed by atoms with E-state index in [4.69, 9.17) is 0 Å². The SMILES string of the molecule is CCCN(CC(=O)Nc1ccc(NC(=O)c2ccc(NC(=O)CN(CCC)C(=O)C(NC(=O)OC)C(C)C)cc2)cc1)C(=O)C(NC(=O)OC)C(C)C. The van der Waals surface area contributed by atoms with E-state index in [1.54, 1.807) is 64.1 Å². The molecule has 0 saturated heterocycles. The summed E-state index contributed by atoms with van der Waals surface area (Å²) < 4.78 is 9.28. The summed E-state index contributed by atoms with van der Waals surface area (Å²) in [7, 11) is 2.42. The Labute approximate surface area is 310 Å². The quantitative estimate of drug-likeness (QED) is 0.149. The molecule has 16 heteroatoms. The summed E-state index contributed by atoms with van der Waals surface area (Å²) in [5.41, 5.74) is 1.65. The van der Waals surface area contributed by atoms with Crippen molar-refractivity contribution in [1.82, 2.24) is 20.4 Å². The van der Waals surface area contributed by atoms with E-state index in [-0.39, 0.29) is 24.9 Å². The highest BCUT2D eigenvalue weighted by molar-refractivity contribution is 6.05. The van der Waals surface area contributed by atoms with Crippen molar-refractivity contribution in [1.29, 1.82) is 0 Å². The second-order valence-electron chi connectivity index (χ2n) is 12.9. The normalized spacial score (nSPS) is 11.8. The maximum atomic E-state index is 13.2. The number of hydrogen-bond donors (Lipinski definition) is 5. The highest BCUT2D eigenvalue weighted by Gasteiger charge is 2.31. The van der Waals surface area contributed by atoms with Gasteiger partial charge in [-0.2, -0.15) is 0 Å². The molecule has 290 valence electrons. The third-order valence-corrected chi connectivity index (χ3v) is 7.92. The molecule has 0 aliphatic rings. The molecule has 0 fully saturated rings. The van der Waals surface area contributed by atoms with Gasteiger partial charge in [0.05, 0.1) is 27.3 Å². The van der Waals surface area contributed by atoms with E-state index in [0.717, 1.165) is 0 Å². The number of carbonyl (C=O) groups excluding carboxylic acids is 7. The Morgan fingerprint density at radius 1 is 0.566 bits per heavy atom. The zero-order valence-corrected chi connectivity index (χ0v) is 31.7. The lowest BCUT2D eigenvalue weighted by molar-refractivity contribution is -0.137. The Morgan fingerprint density at radius 2 is 0.906 bits per heavy atom. The highest BCUT2D eigenvalue weighted by Crippen LogP contribution is 2.17. The molecule has 2 unspecified atom stereocenters. The molecule has 5 N–H and O–H groups in total. The van der Waals surface area contributed by atoms with Crippen LogP contribution >= 0.6 is 0 Å². The molecule has 0 heterocycles. The average molecular weight is 740 g/mol. The van der Waals surface area contributed by atoms with Crippen molar-refractivity contribution in [3.05, 3.63) is 54.1 Å². The molecule has 0 radical (unpaired) electrons. The van der Waals surface area contributed by atoms with Gasteiger partial charge in [-0.3, -0.25) is 24.0 Å². The molecule has 0 saturated carbocycles. The number of nitrogens with zero attached hydrogens (tertiary/aromatic N) is 2. The van der Waals surface area contributed by atoms with Gasteiger partial charge in [0.25, 0.3) is 5.91 Å². The number of benzene rings is 2. The number of carbonyl (C=O) groups is 7. The van der Waals surface area contributed by atoms with Gasteiger partial charge in [-0.15, -0.1) is 0 Å². The first kappa shape index (κ1) is 43.5. The molecule has 0 aliphatic heterocycles. The van der Waals surface area contributed by atoms with Crippen LogP contribution in [0.4, 0.5) is 26.7 Å². The van der Waals surface area contributed by atoms with Crippen molar-refractivity contribution in [3.63, 3.8) is 0 Å². The average Bonchev–Trinajstić information content (AvgIpc) is 3.12. The van der Waals surface area contributed by atoms with E-state index >= 15 is 0 Å². The van der Waals surface area contributed by atoms with Crippen LogP contribution in [0.5, 0.6) is 0 Å². The minimum Gasteiger partial charge on any atom is -0.453 e. The van der Waals surface area contributed by atoms with Gasteiger partial charge >= 0.3 is 12.2 Å². The Hall–Kier alpha value is -5.67. The molecule has 2 rings (SSSR count). The van der Waals surface area contributed by atoms with Gasteiger partial charge in [0.2, 0.25) is 23.6 Å². The van der Waals surface area contributed by atoms with E-state index in [1.807, 2.05) is 13.8 Å². The number of anilines is 3. The van der Waals surface area contributed by atoms with Gasteiger partial charge in [-0.05, 0) is 73.2 Å². The fourth-order valence-electron chi connectivity index (χ4n) is 5.16. The lowest BCUT2D eigenvalue weighted by Crippen LogP contribution is -2.52. The molecule has 2 aromatic rings. The predicted molar refractivity (Wildman–Crippen MR) is 200 cm³/mol.